The van der Waals surface area contributed by atoms with Gasteiger partial charge in [0, 0.05) is 0 Å². The first-order valence-electron chi connectivity index (χ1n) is 6.95. The molecule has 0 saturated heterocycles. The predicted octanol–water partition coefficient (Wildman–Crippen LogP) is 5.00. The van der Waals surface area contributed by atoms with E-state index in [2.05, 4.69) is 5.32 Å². The third kappa shape index (κ3) is 5.38. The van der Waals surface area contributed by atoms with Crippen LogP contribution >= 0.6 is 46.4 Å². The molecule has 0 fully saturated rings. The van der Waals surface area contributed by atoms with Crippen LogP contribution in [0, 0.1) is 5.82 Å². The zero-order chi connectivity index (χ0) is 19.3. The lowest BCUT2D eigenvalue weighted by Gasteiger charge is -2.12. The Bertz CT molecular complexity index is 821. The van der Waals surface area contributed by atoms with Crippen LogP contribution in [-0.4, -0.2) is 25.1 Å². The minimum Gasteiger partial charge on any atom is -0.479 e. The molecule has 2 aromatic carbocycles. The van der Waals surface area contributed by atoms with Crippen molar-refractivity contribution < 1.29 is 23.5 Å². The fourth-order valence-corrected chi connectivity index (χ4v) is 2.65. The van der Waals surface area contributed by atoms with Gasteiger partial charge in [0.1, 0.15) is 0 Å². The Kier molecular flexibility index (Phi) is 7.34. The van der Waals surface area contributed by atoms with E-state index in [1.807, 2.05) is 0 Å². The van der Waals surface area contributed by atoms with Gasteiger partial charge in [0.05, 0.1) is 25.8 Å². The van der Waals surface area contributed by atoms with E-state index in [0.29, 0.717) is 0 Å². The molecule has 0 bridgehead atoms. The Hall–Kier alpha value is -1.73. The third-order valence-corrected chi connectivity index (χ3v) is 4.50. The van der Waals surface area contributed by atoms with Crippen molar-refractivity contribution in [2.75, 3.05) is 18.5 Å². The number of carbonyl (C=O) groups excluding carboxylic acids is 2. The summed E-state index contributed by atoms with van der Waals surface area (Å²) in [5, 5.41) is 2.51. The summed E-state index contributed by atoms with van der Waals surface area (Å²) in [6, 6.07) is 6.87. The molecule has 0 aliphatic rings. The van der Waals surface area contributed by atoms with Crippen LogP contribution < -0.4 is 10.1 Å². The summed E-state index contributed by atoms with van der Waals surface area (Å²) in [6.07, 6.45) is 0. The maximum atomic E-state index is 13.3. The fourth-order valence-electron chi connectivity index (χ4n) is 1.74. The Morgan fingerprint density at radius 3 is 2.23 bits per heavy atom. The third-order valence-electron chi connectivity index (χ3n) is 2.92. The molecule has 0 aliphatic carbocycles. The number of hydrogen-bond acceptors (Lipinski definition) is 4. The molecule has 1 amide bonds. The van der Waals surface area contributed by atoms with Crippen molar-refractivity contribution in [2.24, 2.45) is 0 Å². The van der Waals surface area contributed by atoms with Gasteiger partial charge in [-0.05, 0) is 18.2 Å². The van der Waals surface area contributed by atoms with Gasteiger partial charge < -0.3 is 14.8 Å². The van der Waals surface area contributed by atoms with Crippen molar-refractivity contribution in [1.29, 1.82) is 0 Å². The standard InChI is InChI=1S/C16H10Cl4FNO4/c17-8-5-9(18)15(20)16(14(8)19)22-12(23)6-26-13(24)7-25-11-4-2-1-3-10(11)21/h1-5H,6-7H2,(H,22,23). The average molecular weight is 441 g/mol. The van der Waals surface area contributed by atoms with E-state index in [1.165, 1.54) is 24.3 Å². The van der Waals surface area contributed by atoms with Gasteiger partial charge in [-0.1, -0.05) is 58.5 Å². The molecule has 0 unspecified atom stereocenters. The number of hydrogen-bond donors (Lipinski definition) is 1. The van der Waals surface area contributed by atoms with E-state index in [-0.39, 0.29) is 31.5 Å². The maximum Gasteiger partial charge on any atom is 0.344 e. The Morgan fingerprint density at radius 1 is 1.00 bits per heavy atom. The van der Waals surface area contributed by atoms with Gasteiger partial charge in [-0.15, -0.1) is 0 Å². The van der Waals surface area contributed by atoms with Crippen LogP contribution in [0.3, 0.4) is 0 Å². The van der Waals surface area contributed by atoms with Crippen LogP contribution in [-0.2, 0) is 14.3 Å². The van der Waals surface area contributed by atoms with Crippen LogP contribution in [0.4, 0.5) is 10.1 Å². The molecule has 10 heteroatoms. The normalized spacial score (nSPS) is 10.3. The van der Waals surface area contributed by atoms with Crippen molar-refractivity contribution in [2.45, 2.75) is 0 Å². The van der Waals surface area contributed by atoms with Crippen LogP contribution in [0.25, 0.3) is 0 Å². The monoisotopic (exact) mass is 439 g/mol. The van der Waals surface area contributed by atoms with E-state index in [0.717, 1.165) is 0 Å². The molecule has 0 aliphatic heterocycles. The van der Waals surface area contributed by atoms with E-state index in [4.69, 9.17) is 55.9 Å². The van der Waals surface area contributed by atoms with Crippen LogP contribution in [0.5, 0.6) is 5.75 Å². The number of halogens is 5. The Morgan fingerprint density at radius 2 is 1.62 bits per heavy atom. The number of rotatable bonds is 6. The van der Waals surface area contributed by atoms with Gasteiger partial charge in [-0.2, -0.15) is 0 Å². The Balaban J connectivity index is 1.87. The molecule has 138 valence electrons. The highest BCUT2D eigenvalue weighted by Gasteiger charge is 2.17. The summed E-state index contributed by atoms with van der Waals surface area (Å²) < 4.78 is 23.0. The van der Waals surface area contributed by atoms with Gasteiger partial charge in [0.25, 0.3) is 5.91 Å². The minimum absolute atomic E-state index is 0.00510. The molecule has 0 atom stereocenters. The number of esters is 1. The first-order chi connectivity index (χ1) is 12.3. The molecule has 26 heavy (non-hydrogen) atoms. The fraction of sp³-hybridized carbons (Fsp3) is 0.125. The lowest BCUT2D eigenvalue weighted by Crippen LogP contribution is -2.24. The van der Waals surface area contributed by atoms with Crippen molar-refractivity contribution in [3.8, 4) is 5.75 Å². The lowest BCUT2D eigenvalue weighted by atomic mass is 10.3. The second-order valence-corrected chi connectivity index (χ2v) is 6.34. The van der Waals surface area contributed by atoms with Crippen LogP contribution in [0.2, 0.25) is 20.1 Å². The molecule has 0 spiro atoms. The topological polar surface area (TPSA) is 64.6 Å². The molecular formula is C16H10Cl4FNO4. The number of anilines is 1. The second-order valence-electron chi connectivity index (χ2n) is 4.77. The molecular weight excluding hydrogens is 431 g/mol. The first-order valence-corrected chi connectivity index (χ1v) is 8.46. The minimum atomic E-state index is -0.871. The van der Waals surface area contributed by atoms with E-state index >= 15 is 0 Å². The molecule has 0 heterocycles. The molecule has 0 radical (unpaired) electrons. The number of carbonyl (C=O) groups is 2. The predicted molar refractivity (Wildman–Crippen MR) is 98.0 cm³/mol. The Labute approximate surface area is 167 Å². The van der Waals surface area contributed by atoms with Gasteiger partial charge in [-0.25, -0.2) is 9.18 Å². The number of para-hydroxylation sites is 1. The SMILES string of the molecule is O=C(COC(=O)COc1ccccc1F)Nc1c(Cl)c(Cl)cc(Cl)c1Cl. The first kappa shape index (κ1) is 20.6. The zero-order valence-electron chi connectivity index (χ0n) is 12.8. The molecule has 2 rings (SSSR count). The summed E-state index contributed by atoms with van der Waals surface area (Å²) >= 11 is 23.6. The summed E-state index contributed by atoms with van der Waals surface area (Å²) in [5.74, 6) is -2.34. The molecule has 0 aromatic heterocycles. The highest BCUT2D eigenvalue weighted by molar-refractivity contribution is 6.50. The number of benzene rings is 2. The highest BCUT2D eigenvalue weighted by atomic mass is 35.5. The smallest absolute Gasteiger partial charge is 0.344 e. The van der Waals surface area contributed by atoms with Crippen molar-refractivity contribution in [1.82, 2.24) is 0 Å². The van der Waals surface area contributed by atoms with Gasteiger partial charge >= 0.3 is 5.97 Å². The number of amides is 1. The molecule has 1 N–H and O–H groups in total. The van der Waals surface area contributed by atoms with E-state index in [9.17, 15) is 14.0 Å². The lowest BCUT2D eigenvalue weighted by molar-refractivity contribution is -0.149. The molecule has 2 aromatic rings. The zero-order valence-corrected chi connectivity index (χ0v) is 15.8. The number of nitrogens with one attached hydrogen (secondary N) is 1. The quantitative estimate of drug-likeness (QED) is 0.507. The van der Waals surface area contributed by atoms with Crippen LogP contribution in [0.1, 0.15) is 0 Å². The summed E-state index contributed by atoms with van der Waals surface area (Å²) in [5.41, 5.74) is -0.00510. The second kappa shape index (κ2) is 9.28. The van der Waals surface area contributed by atoms with Gasteiger partial charge in [0.15, 0.2) is 24.8 Å². The summed E-state index contributed by atoms with van der Waals surface area (Å²) in [6.45, 7) is -1.21. The van der Waals surface area contributed by atoms with Gasteiger partial charge in [-0.3, -0.25) is 4.79 Å². The summed E-state index contributed by atoms with van der Waals surface area (Å²) in [7, 11) is 0. The van der Waals surface area contributed by atoms with Gasteiger partial charge in [0.2, 0.25) is 0 Å². The average Bonchev–Trinajstić information content (AvgIpc) is 2.61. The molecule has 0 saturated carbocycles. The van der Waals surface area contributed by atoms with E-state index < -0.39 is 30.9 Å². The van der Waals surface area contributed by atoms with E-state index in [1.54, 1.807) is 6.07 Å². The summed E-state index contributed by atoms with van der Waals surface area (Å²) in [4.78, 5) is 23.5. The molecule has 5 nitrogen and oxygen atoms in total. The number of ether oxygens (including phenoxy) is 2. The largest absolute Gasteiger partial charge is 0.479 e. The highest BCUT2D eigenvalue weighted by Crippen LogP contribution is 2.40. The van der Waals surface area contributed by atoms with Crippen LogP contribution in [0.15, 0.2) is 30.3 Å². The maximum absolute atomic E-state index is 13.3. The van der Waals surface area contributed by atoms with Crippen molar-refractivity contribution in [3.05, 3.63) is 56.2 Å². The van der Waals surface area contributed by atoms with Crippen molar-refractivity contribution in [3.63, 3.8) is 0 Å². The van der Waals surface area contributed by atoms with Crippen molar-refractivity contribution >= 4 is 64.0 Å².